The number of methoxy groups -OCH3 is 2. The molecule has 0 saturated heterocycles. The number of ether oxygens (including phenoxy) is 2. The molecule has 162 valence electrons. The van der Waals surface area contributed by atoms with Gasteiger partial charge in [-0.1, -0.05) is 13.8 Å². The van der Waals surface area contributed by atoms with Gasteiger partial charge in [-0.2, -0.15) is 0 Å². The van der Waals surface area contributed by atoms with Crippen molar-refractivity contribution in [2.45, 2.75) is 70.9 Å². The van der Waals surface area contributed by atoms with Gasteiger partial charge in [0.25, 0.3) is 0 Å². The van der Waals surface area contributed by atoms with Crippen LogP contribution in [0, 0.1) is 16.7 Å². The summed E-state index contributed by atoms with van der Waals surface area (Å²) in [5, 5.41) is 16.8. The lowest BCUT2D eigenvalue weighted by Gasteiger charge is -2.50. The van der Waals surface area contributed by atoms with Crippen molar-refractivity contribution in [2.75, 3.05) is 34.0 Å². The first-order valence-corrected chi connectivity index (χ1v) is 10.3. The van der Waals surface area contributed by atoms with E-state index >= 15 is 0 Å². The highest BCUT2D eigenvalue weighted by atomic mass is 16.5. The highest BCUT2D eigenvalue weighted by Crippen LogP contribution is 2.63. The Balaban J connectivity index is 2.20. The number of carbonyl (C=O) groups excluding carboxylic acids is 2. The number of fused-ring (bicyclic) bond motifs is 1. The lowest BCUT2D eigenvalue weighted by atomic mass is 9.57. The minimum Gasteiger partial charge on any atom is -0.390 e. The van der Waals surface area contributed by atoms with Crippen LogP contribution in [0.4, 0.5) is 0 Å². The first-order chi connectivity index (χ1) is 13.1. The molecule has 7 nitrogen and oxygen atoms in total. The van der Waals surface area contributed by atoms with Gasteiger partial charge in [0.05, 0.1) is 12.2 Å². The van der Waals surface area contributed by atoms with Crippen LogP contribution in [-0.2, 0) is 19.1 Å². The summed E-state index contributed by atoms with van der Waals surface area (Å²) in [6.07, 6.45) is 4.14. The maximum Gasteiger partial charge on any atom is 0.246 e. The van der Waals surface area contributed by atoms with Crippen molar-refractivity contribution in [1.29, 1.82) is 0 Å². The largest absolute Gasteiger partial charge is 0.390 e. The summed E-state index contributed by atoms with van der Waals surface area (Å²) in [6.45, 7) is 7.36. The fourth-order valence-corrected chi connectivity index (χ4v) is 5.53. The Morgan fingerprint density at radius 2 is 1.79 bits per heavy atom. The fraction of sp³-hybridized carbons (Fsp3) is 0.905. The van der Waals surface area contributed by atoms with Gasteiger partial charge in [0, 0.05) is 33.2 Å². The van der Waals surface area contributed by atoms with Crippen molar-refractivity contribution < 1.29 is 24.2 Å². The van der Waals surface area contributed by atoms with E-state index in [-0.39, 0.29) is 41.2 Å². The van der Waals surface area contributed by atoms with Gasteiger partial charge in [0.15, 0.2) is 0 Å². The Morgan fingerprint density at radius 3 is 2.43 bits per heavy atom. The zero-order valence-corrected chi connectivity index (χ0v) is 18.1. The second-order valence-corrected chi connectivity index (χ2v) is 9.58. The van der Waals surface area contributed by atoms with E-state index in [2.05, 4.69) is 24.5 Å². The Hall–Kier alpha value is -1.18. The van der Waals surface area contributed by atoms with E-state index in [1.165, 1.54) is 7.11 Å². The van der Waals surface area contributed by atoms with Crippen LogP contribution in [0.5, 0.6) is 0 Å². The standard InChI is InChI=1S/C21H38N2O5/c1-19(2)13-16(23-18(25)14-28-5)21(7-6-17(24)22-10-11-27-4)9-8-20(3,26)12-15(19)21/h15-16,26H,6-14H2,1-5H3,(H,22,24)(H,23,25). The predicted octanol–water partition coefficient (Wildman–Crippen LogP) is 1.63. The molecule has 2 saturated carbocycles. The van der Waals surface area contributed by atoms with Gasteiger partial charge in [-0.3, -0.25) is 9.59 Å². The third kappa shape index (κ3) is 5.24. The predicted molar refractivity (Wildman–Crippen MR) is 107 cm³/mol. The summed E-state index contributed by atoms with van der Waals surface area (Å²) in [6, 6.07) is -0.0157. The number of carbonyl (C=O) groups is 2. The van der Waals surface area contributed by atoms with E-state index in [9.17, 15) is 14.7 Å². The molecule has 2 amide bonds. The molecule has 7 heteroatoms. The maximum absolute atomic E-state index is 12.3. The molecule has 0 aromatic rings. The molecule has 2 fully saturated rings. The Morgan fingerprint density at radius 1 is 1.07 bits per heavy atom. The van der Waals surface area contributed by atoms with Crippen LogP contribution in [0.25, 0.3) is 0 Å². The molecule has 0 bridgehead atoms. The average molecular weight is 399 g/mol. The molecule has 4 unspecified atom stereocenters. The summed E-state index contributed by atoms with van der Waals surface area (Å²) in [7, 11) is 3.12. The molecule has 2 rings (SSSR count). The van der Waals surface area contributed by atoms with Crippen molar-refractivity contribution >= 4 is 11.8 Å². The molecule has 0 heterocycles. The normalized spacial score (nSPS) is 33.9. The van der Waals surface area contributed by atoms with Gasteiger partial charge in [-0.15, -0.1) is 0 Å². The van der Waals surface area contributed by atoms with Gasteiger partial charge in [-0.05, 0) is 55.8 Å². The Kier molecular flexibility index (Phi) is 7.50. The molecular formula is C21H38N2O5. The summed E-state index contributed by atoms with van der Waals surface area (Å²) < 4.78 is 9.98. The zero-order chi connectivity index (χ0) is 21.0. The summed E-state index contributed by atoms with van der Waals surface area (Å²) in [5.74, 6) is 0.128. The number of hydrogen-bond donors (Lipinski definition) is 3. The number of nitrogens with one attached hydrogen (secondary N) is 2. The van der Waals surface area contributed by atoms with Crippen LogP contribution in [-0.4, -0.2) is 62.5 Å². The number of amides is 2. The molecule has 0 spiro atoms. The Bertz CT molecular complexity index is 563. The second kappa shape index (κ2) is 9.09. The van der Waals surface area contributed by atoms with Crippen molar-refractivity contribution in [2.24, 2.45) is 16.7 Å². The monoisotopic (exact) mass is 398 g/mol. The lowest BCUT2D eigenvalue weighted by Crippen LogP contribution is -2.53. The van der Waals surface area contributed by atoms with E-state index < -0.39 is 5.60 Å². The smallest absolute Gasteiger partial charge is 0.246 e. The van der Waals surface area contributed by atoms with Crippen molar-refractivity contribution in [3.63, 3.8) is 0 Å². The molecule has 4 atom stereocenters. The second-order valence-electron chi connectivity index (χ2n) is 9.58. The van der Waals surface area contributed by atoms with E-state index in [0.717, 1.165) is 12.8 Å². The van der Waals surface area contributed by atoms with Gasteiger partial charge in [0.2, 0.25) is 11.8 Å². The van der Waals surface area contributed by atoms with Gasteiger partial charge < -0.3 is 25.2 Å². The fourth-order valence-electron chi connectivity index (χ4n) is 5.53. The molecule has 3 N–H and O–H groups in total. The van der Waals surface area contributed by atoms with Crippen LogP contribution in [0.1, 0.15) is 59.3 Å². The lowest BCUT2D eigenvalue weighted by molar-refractivity contribution is -0.128. The van der Waals surface area contributed by atoms with Crippen LogP contribution < -0.4 is 10.6 Å². The minimum absolute atomic E-state index is 0.00850. The van der Waals surface area contributed by atoms with Crippen LogP contribution in [0.3, 0.4) is 0 Å². The van der Waals surface area contributed by atoms with Crippen molar-refractivity contribution in [3.05, 3.63) is 0 Å². The summed E-state index contributed by atoms with van der Waals surface area (Å²) in [4.78, 5) is 24.6. The summed E-state index contributed by atoms with van der Waals surface area (Å²) in [5.41, 5.74) is -0.909. The molecular weight excluding hydrogens is 360 g/mol. The quantitative estimate of drug-likeness (QED) is 0.513. The van der Waals surface area contributed by atoms with Crippen LogP contribution in [0.2, 0.25) is 0 Å². The number of aliphatic hydroxyl groups is 1. The van der Waals surface area contributed by atoms with Crippen molar-refractivity contribution in [3.8, 4) is 0 Å². The average Bonchev–Trinajstić information content (AvgIpc) is 2.80. The molecule has 0 radical (unpaired) electrons. The molecule has 0 aliphatic heterocycles. The van der Waals surface area contributed by atoms with Gasteiger partial charge in [-0.25, -0.2) is 0 Å². The first-order valence-electron chi connectivity index (χ1n) is 10.3. The highest BCUT2D eigenvalue weighted by Gasteiger charge is 2.61. The molecule has 28 heavy (non-hydrogen) atoms. The van der Waals surface area contributed by atoms with E-state index in [1.807, 2.05) is 6.92 Å². The highest BCUT2D eigenvalue weighted by molar-refractivity contribution is 5.78. The van der Waals surface area contributed by atoms with Gasteiger partial charge in [0.1, 0.15) is 6.61 Å². The topological polar surface area (TPSA) is 96.9 Å². The molecule has 2 aliphatic carbocycles. The van der Waals surface area contributed by atoms with Crippen molar-refractivity contribution in [1.82, 2.24) is 10.6 Å². The minimum atomic E-state index is -0.697. The molecule has 0 aromatic heterocycles. The summed E-state index contributed by atoms with van der Waals surface area (Å²) >= 11 is 0. The Labute approximate surface area is 168 Å². The molecule has 0 aromatic carbocycles. The number of rotatable bonds is 9. The van der Waals surface area contributed by atoms with E-state index in [4.69, 9.17) is 9.47 Å². The van der Waals surface area contributed by atoms with Crippen LogP contribution >= 0.6 is 0 Å². The zero-order valence-electron chi connectivity index (χ0n) is 18.1. The third-order valence-corrected chi connectivity index (χ3v) is 6.89. The van der Waals surface area contributed by atoms with Gasteiger partial charge >= 0.3 is 0 Å². The van der Waals surface area contributed by atoms with E-state index in [1.54, 1.807) is 7.11 Å². The van der Waals surface area contributed by atoms with Crippen LogP contribution in [0.15, 0.2) is 0 Å². The van der Waals surface area contributed by atoms with E-state index in [0.29, 0.717) is 38.8 Å². The molecule has 2 aliphatic rings. The first kappa shape index (κ1) is 23.1. The maximum atomic E-state index is 12.3. The third-order valence-electron chi connectivity index (χ3n) is 6.89. The SMILES string of the molecule is COCCNC(=O)CCC12CCC(C)(O)CC1C(C)(C)CC2NC(=O)COC. The number of hydrogen-bond acceptors (Lipinski definition) is 5.